The summed E-state index contributed by atoms with van der Waals surface area (Å²) in [4.78, 5) is 31.2. The summed E-state index contributed by atoms with van der Waals surface area (Å²) in [6.07, 6.45) is 0. The molecule has 9 heteroatoms. The van der Waals surface area contributed by atoms with E-state index in [1.807, 2.05) is 30.3 Å². The Hall–Kier alpha value is -3.33. The number of aromatic nitrogens is 1. The minimum Gasteiger partial charge on any atom is -0.328 e. The maximum absolute atomic E-state index is 13.6. The third-order valence-electron chi connectivity index (χ3n) is 4.14. The van der Waals surface area contributed by atoms with E-state index in [1.165, 1.54) is 11.3 Å². The smallest absolute Gasteiger partial charge is 0.325 e. The average molecular weight is 400 g/mol. The van der Waals surface area contributed by atoms with E-state index in [-0.39, 0.29) is 16.7 Å². The summed E-state index contributed by atoms with van der Waals surface area (Å²) < 4.78 is 26.5. The fourth-order valence-electron chi connectivity index (χ4n) is 2.85. The van der Waals surface area contributed by atoms with Gasteiger partial charge in [-0.2, -0.15) is 0 Å². The maximum Gasteiger partial charge on any atom is 0.325 e. The SMILES string of the molecule is O=C(Nc1nc2c(s1)CN(Cc1ccccc1)C2=O)Nc1ccc(F)cc1F. The van der Waals surface area contributed by atoms with Gasteiger partial charge in [-0.05, 0) is 17.7 Å². The molecule has 0 radical (unpaired) electrons. The standard InChI is InChI=1S/C19H14F2N4O2S/c20-12-6-7-14(13(21)8-12)22-18(27)24-19-23-16-15(28-19)10-25(17(16)26)9-11-4-2-1-3-5-11/h1-8H,9-10H2,(H2,22,23,24,27). The number of halogens is 2. The van der Waals surface area contributed by atoms with Crippen LogP contribution in [0.25, 0.3) is 0 Å². The van der Waals surface area contributed by atoms with Crippen LogP contribution in [0, 0.1) is 11.6 Å². The quantitative estimate of drug-likeness (QED) is 0.689. The molecular weight excluding hydrogens is 386 g/mol. The van der Waals surface area contributed by atoms with Gasteiger partial charge in [0.15, 0.2) is 5.13 Å². The highest BCUT2D eigenvalue weighted by atomic mass is 32.1. The van der Waals surface area contributed by atoms with Crippen molar-refractivity contribution in [3.8, 4) is 0 Å². The predicted molar refractivity (Wildman–Crippen MR) is 101 cm³/mol. The van der Waals surface area contributed by atoms with Gasteiger partial charge in [0, 0.05) is 12.6 Å². The molecule has 3 aromatic rings. The van der Waals surface area contributed by atoms with Crippen molar-refractivity contribution in [1.82, 2.24) is 9.88 Å². The Kier molecular flexibility index (Phi) is 4.74. The molecule has 1 aliphatic heterocycles. The van der Waals surface area contributed by atoms with Gasteiger partial charge >= 0.3 is 6.03 Å². The Morgan fingerprint density at radius 1 is 1.14 bits per heavy atom. The number of hydrogen-bond donors (Lipinski definition) is 2. The molecule has 28 heavy (non-hydrogen) atoms. The van der Waals surface area contributed by atoms with Crippen LogP contribution in [0.1, 0.15) is 20.9 Å². The summed E-state index contributed by atoms with van der Waals surface area (Å²) >= 11 is 1.19. The van der Waals surface area contributed by atoms with Gasteiger partial charge in [0.1, 0.15) is 17.3 Å². The zero-order chi connectivity index (χ0) is 19.7. The Balaban J connectivity index is 1.40. The lowest BCUT2D eigenvalue weighted by molar-refractivity contribution is 0.0762. The molecule has 0 spiro atoms. The van der Waals surface area contributed by atoms with Gasteiger partial charge in [-0.3, -0.25) is 10.1 Å². The predicted octanol–water partition coefficient (Wildman–Crippen LogP) is 4.22. The zero-order valence-electron chi connectivity index (χ0n) is 14.4. The largest absolute Gasteiger partial charge is 0.328 e. The minimum absolute atomic E-state index is 0.159. The molecule has 0 saturated carbocycles. The van der Waals surface area contributed by atoms with Crippen LogP contribution < -0.4 is 10.6 Å². The monoisotopic (exact) mass is 400 g/mol. The van der Waals surface area contributed by atoms with Crippen LogP contribution in [-0.4, -0.2) is 21.8 Å². The molecule has 0 aliphatic carbocycles. The van der Waals surface area contributed by atoms with Gasteiger partial charge in [-0.1, -0.05) is 41.7 Å². The first-order chi connectivity index (χ1) is 13.5. The first kappa shape index (κ1) is 18.1. The number of rotatable bonds is 4. The first-order valence-corrected chi connectivity index (χ1v) is 9.17. The summed E-state index contributed by atoms with van der Waals surface area (Å²) in [7, 11) is 0. The number of amides is 3. The highest BCUT2D eigenvalue weighted by Gasteiger charge is 2.32. The van der Waals surface area contributed by atoms with Gasteiger partial charge in [0.05, 0.1) is 17.1 Å². The second-order valence-corrected chi connectivity index (χ2v) is 7.22. The van der Waals surface area contributed by atoms with Crippen LogP contribution in [0.2, 0.25) is 0 Å². The molecule has 0 bridgehead atoms. The van der Waals surface area contributed by atoms with E-state index in [1.54, 1.807) is 4.90 Å². The van der Waals surface area contributed by atoms with Crippen molar-refractivity contribution in [2.45, 2.75) is 13.1 Å². The Morgan fingerprint density at radius 3 is 2.64 bits per heavy atom. The molecule has 3 amide bonds. The minimum atomic E-state index is -0.886. The second kappa shape index (κ2) is 7.35. The first-order valence-electron chi connectivity index (χ1n) is 8.35. The molecule has 1 aliphatic rings. The lowest BCUT2D eigenvalue weighted by atomic mass is 10.2. The number of carbonyl (C=O) groups is 2. The van der Waals surface area contributed by atoms with Crippen molar-refractivity contribution in [3.05, 3.63) is 76.3 Å². The zero-order valence-corrected chi connectivity index (χ0v) is 15.2. The molecule has 2 N–H and O–H groups in total. The molecule has 1 aromatic heterocycles. The van der Waals surface area contributed by atoms with Gasteiger partial charge in [-0.15, -0.1) is 0 Å². The van der Waals surface area contributed by atoms with E-state index in [0.29, 0.717) is 24.8 Å². The van der Waals surface area contributed by atoms with Gasteiger partial charge < -0.3 is 10.2 Å². The third kappa shape index (κ3) is 3.70. The average Bonchev–Trinajstić information content (AvgIpc) is 3.17. The van der Waals surface area contributed by atoms with Crippen molar-refractivity contribution < 1.29 is 18.4 Å². The number of anilines is 2. The summed E-state index contributed by atoms with van der Waals surface area (Å²) in [5.41, 5.74) is 1.17. The van der Waals surface area contributed by atoms with Gasteiger partial charge in [0.25, 0.3) is 5.91 Å². The lowest BCUT2D eigenvalue weighted by Gasteiger charge is -2.15. The molecule has 2 heterocycles. The Morgan fingerprint density at radius 2 is 1.93 bits per heavy atom. The van der Waals surface area contributed by atoms with Crippen LogP contribution in [0.15, 0.2) is 48.5 Å². The van der Waals surface area contributed by atoms with Crippen molar-refractivity contribution >= 4 is 34.1 Å². The number of carbonyl (C=O) groups excluding carboxylic acids is 2. The number of thiazole rings is 1. The molecule has 142 valence electrons. The van der Waals surface area contributed by atoms with Crippen LogP contribution in [0.5, 0.6) is 0 Å². The van der Waals surface area contributed by atoms with E-state index in [4.69, 9.17) is 0 Å². The highest BCUT2D eigenvalue weighted by Crippen LogP contribution is 2.32. The molecule has 0 fully saturated rings. The van der Waals surface area contributed by atoms with Crippen molar-refractivity contribution in [1.29, 1.82) is 0 Å². The van der Waals surface area contributed by atoms with E-state index in [0.717, 1.165) is 22.6 Å². The topological polar surface area (TPSA) is 74.3 Å². The summed E-state index contributed by atoms with van der Waals surface area (Å²) in [6.45, 7) is 0.895. The molecule has 6 nitrogen and oxygen atoms in total. The third-order valence-corrected chi connectivity index (χ3v) is 5.09. The number of fused-ring (bicyclic) bond motifs is 1. The van der Waals surface area contributed by atoms with Crippen molar-refractivity contribution in [3.63, 3.8) is 0 Å². The summed E-state index contributed by atoms with van der Waals surface area (Å²) in [5.74, 6) is -1.82. The number of nitrogens with one attached hydrogen (secondary N) is 2. The molecule has 0 atom stereocenters. The van der Waals surface area contributed by atoms with E-state index in [9.17, 15) is 18.4 Å². The van der Waals surface area contributed by atoms with Crippen LogP contribution in [0.4, 0.5) is 24.4 Å². The number of nitrogens with zero attached hydrogens (tertiary/aromatic N) is 2. The van der Waals surface area contributed by atoms with Crippen LogP contribution in [-0.2, 0) is 13.1 Å². The molecule has 0 saturated heterocycles. The molecule has 0 unspecified atom stereocenters. The second-order valence-electron chi connectivity index (χ2n) is 6.14. The fraction of sp³-hybridized carbons (Fsp3) is 0.105. The number of hydrogen-bond acceptors (Lipinski definition) is 4. The molecular formula is C19H14F2N4O2S. The van der Waals surface area contributed by atoms with Crippen molar-refractivity contribution in [2.24, 2.45) is 0 Å². The fourth-order valence-corrected chi connectivity index (χ4v) is 3.81. The summed E-state index contributed by atoms with van der Waals surface area (Å²) in [6, 6.07) is 11.7. The number of urea groups is 1. The van der Waals surface area contributed by atoms with Crippen molar-refractivity contribution in [2.75, 3.05) is 10.6 Å². The van der Waals surface area contributed by atoms with E-state index < -0.39 is 17.7 Å². The number of benzene rings is 2. The van der Waals surface area contributed by atoms with Crippen LogP contribution >= 0.6 is 11.3 Å². The van der Waals surface area contributed by atoms with E-state index >= 15 is 0 Å². The highest BCUT2D eigenvalue weighted by molar-refractivity contribution is 7.16. The molecule has 2 aromatic carbocycles. The summed E-state index contributed by atoms with van der Waals surface area (Å²) in [5, 5.41) is 4.99. The molecule has 4 rings (SSSR count). The lowest BCUT2D eigenvalue weighted by Crippen LogP contribution is -2.24. The van der Waals surface area contributed by atoms with Gasteiger partial charge in [0.2, 0.25) is 0 Å². The normalized spacial score (nSPS) is 12.8. The van der Waals surface area contributed by atoms with E-state index in [2.05, 4.69) is 15.6 Å². The van der Waals surface area contributed by atoms with Crippen LogP contribution in [0.3, 0.4) is 0 Å². The Labute approximate surface area is 162 Å². The Bertz CT molecular complexity index is 1060. The maximum atomic E-state index is 13.6. The van der Waals surface area contributed by atoms with Gasteiger partial charge in [-0.25, -0.2) is 18.6 Å².